The van der Waals surface area contributed by atoms with Crippen LogP contribution in [0.5, 0.6) is 0 Å². The summed E-state index contributed by atoms with van der Waals surface area (Å²) < 4.78 is 31.0. The van der Waals surface area contributed by atoms with Crippen LogP contribution in [0, 0.1) is 0 Å². The number of rotatable bonds is 5. The average Bonchev–Trinajstić information content (AvgIpc) is 2.07. The highest BCUT2D eigenvalue weighted by Gasteiger charge is 2.19. The van der Waals surface area contributed by atoms with Gasteiger partial charge in [0.25, 0.3) is 10.1 Å². The van der Waals surface area contributed by atoms with Gasteiger partial charge in [-0.25, -0.2) is 4.79 Å². The van der Waals surface area contributed by atoms with E-state index in [0.29, 0.717) is 13.0 Å². The molecular weight excluding hydrogens is 246 g/mol. The summed E-state index contributed by atoms with van der Waals surface area (Å²) in [6.45, 7) is 5.79. The Hall–Kier alpha value is -0.820. The summed E-state index contributed by atoms with van der Waals surface area (Å²) >= 11 is 0. The quantitative estimate of drug-likeness (QED) is 0.553. The van der Waals surface area contributed by atoms with Gasteiger partial charge in [0.05, 0.1) is 12.9 Å². The first-order valence-electron chi connectivity index (χ1n) is 5.30. The zero-order chi connectivity index (χ0) is 13.7. The fraction of sp³-hybridized carbons (Fsp3) is 0.900. The van der Waals surface area contributed by atoms with Crippen molar-refractivity contribution in [1.29, 1.82) is 0 Å². The van der Waals surface area contributed by atoms with Crippen LogP contribution in [0.15, 0.2) is 0 Å². The van der Waals surface area contributed by atoms with E-state index >= 15 is 0 Å². The Labute approximate surface area is 103 Å². The van der Waals surface area contributed by atoms with Crippen molar-refractivity contribution in [3.05, 3.63) is 0 Å². The molecule has 0 aliphatic heterocycles. The lowest BCUT2D eigenvalue weighted by Crippen LogP contribution is -2.35. The Bertz CT molecular complexity index is 344. The molecule has 7 heteroatoms. The van der Waals surface area contributed by atoms with E-state index in [2.05, 4.69) is 4.18 Å². The maximum Gasteiger partial charge on any atom is 0.410 e. The molecule has 0 aromatic rings. The monoisotopic (exact) mass is 267 g/mol. The summed E-state index contributed by atoms with van der Waals surface area (Å²) in [4.78, 5) is 12.9. The Morgan fingerprint density at radius 3 is 2.24 bits per heavy atom. The van der Waals surface area contributed by atoms with E-state index in [-0.39, 0.29) is 6.61 Å². The number of amides is 1. The SMILES string of the molecule is CN(CCCOS(C)(=O)=O)C(=O)OC(C)(C)C. The van der Waals surface area contributed by atoms with Crippen molar-refractivity contribution < 1.29 is 22.1 Å². The third kappa shape index (κ3) is 10.1. The van der Waals surface area contributed by atoms with E-state index in [9.17, 15) is 13.2 Å². The van der Waals surface area contributed by atoms with Crippen LogP contribution in [-0.2, 0) is 19.0 Å². The second kappa shape index (κ2) is 6.20. The molecule has 0 heterocycles. The maximum atomic E-state index is 11.5. The minimum Gasteiger partial charge on any atom is -0.444 e. The van der Waals surface area contributed by atoms with Crippen LogP contribution in [0.25, 0.3) is 0 Å². The molecule has 0 spiro atoms. The molecule has 0 aliphatic rings. The largest absolute Gasteiger partial charge is 0.444 e. The highest BCUT2D eigenvalue weighted by atomic mass is 32.2. The van der Waals surface area contributed by atoms with E-state index in [4.69, 9.17) is 4.74 Å². The number of nitrogens with zero attached hydrogens (tertiary/aromatic N) is 1. The fourth-order valence-electron chi connectivity index (χ4n) is 0.943. The van der Waals surface area contributed by atoms with Crippen molar-refractivity contribution in [2.45, 2.75) is 32.8 Å². The zero-order valence-corrected chi connectivity index (χ0v) is 11.8. The van der Waals surface area contributed by atoms with Gasteiger partial charge in [0.2, 0.25) is 0 Å². The topological polar surface area (TPSA) is 72.9 Å². The van der Waals surface area contributed by atoms with E-state index < -0.39 is 21.8 Å². The van der Waals surface area contributed by atoms with Crippen molar-refractivity contribution in [1.82, 2.24) is 4.90 Å². The summed E-state index contributed by atoms with van der Waals surface area (Å²) in [5, 5.41) is 0. The molecule has 0 bridgehead atoms. The second-order valence-electron chi connectivity index (χ2n) is 4.78. The van der Waals surface area contributed by atoms with Crippen LogP contribution in [0.3, 0.4) is 0 Å². The number of ether oxygens (including phenoxy) is 1. The predicted molar refractivity (Wildman–Crippen MR) is 64.3 cm³/mol. The fourth-order valence-corrected chi connectivity index (χ4v) is 1.36. The normalized spacial score (nSPS) is 12.3. The molecule has 0 radical (unpaired) electrons. The predicted octanol–water partition coefficient (Wildman–Crippen LogP) is 1.22. The van der Waals surface area contributed by atoms with E-state index in [1.165, 1.54) is 4.90 Å². The van der Waals surface area contributed by atoms with Crippen LogP contribution < -0.4 is 0 Å². The highest BCUT2D eigenvalue weighted by molar-refractivity contribution is 7.85. The van der Waals surface area contributed by atoms with Gasteiger partial charge in [-0.15, -0.1) is 0 Å². The van der Waals surface area contributed by atoms with Crippen LogP contribution in [0.4, 0.5) is 4.79 Å². The van der Waals surface area contributed by atoms with Crippen LogP contribution in [0.1, 0.15) is 27.2 Å². The van der Waals surface area contributed by atoms with Gasteiger partial charge in [0.15, 0.2) is 0 Å². The van der Waals surface area contributed by atoms with Gasteiger partial charge in [-0.1, -0.05) is 0 Å². The maximum absolute atomic E-state index is 11.5. The van der Waals surface area contributed by atoms with Crippen LogP contribution in [0.2, 0.25) is 0 Å². The molecule has 0 aromatic heterocycles. The highest BCUT2D eigenvalue weighted by Crippen LogP contribution is 2.09. The first-order valence-corrected chi connectivity index (χ1v) is 7.11. The first kappa shape index (κ1) is 16.2. The molecule has 0 N–H and O–H groups in total. The van der Waals surface area contributed by atoms with Crippen molar-refractivity contribution in [3.8, 4) is 0 Å². The minimum absolute atomic E-state index is 0.0615. The van der Waals surface area contributed by atoms with Crippen LogP contribution in [-0.4, -0.2) is 51.5 Å². The number of hydrogen-bond donors (Lipinski definition) is 0. The van der Waals surface area contributed by atoms with Gasteiger partial charge in [0, 0.05) is 13.6 Å². The third-order valence-corrected chi connectivity index (χ3v) is 2.24. The lowest BCUT2D eigenvalue weighted by atomic mass is 10.2. The lowest BCUT2D eigenvalue weighted by molar-refractivity contribution is 0.0293. The summed E-state index contributed by atoms with van der Waals surface area (Å²) in [6.07, 6.45) is 0.991. The summed E-state index contributed by atoms with van der Waals surface area (Å²) in [6, 6.07) is 0. The van der Waals surface area contributed by atoms with Gasteiger partial charge in [-0.05, 0) is 27.2 Å². The molecule has 0 unspecified atom stereocenters. The summed E-state index contributed by atoms with van der Waals surface area (Å²) in [5.74, 6) is 0. The molecule has 0 atom stereocenters. The Morgan fingerprint density at radius 1 is 1.29 bits per heavy atom. The van der Waals surface area contributed by atoms with Crippen molar-refractivity contribution in [3.63, 3.8) is 0 Å². The molecule has 0 saturated heterocycles. The standard InChI is InChI=1S/C10H21NO5S/c1-10(2,3)16-9(12)11(4)7-6-8-15-17(5,13)14/h6-8H2,1-5H3. The Balaban J connectivity index is 3.87. The summed E-state index contributed by atoms with van der Waals surface area (Å²) in [7, 11) is -1.81. The molecule has 1 amide bonds. The molecule has 0 saturated carbocycles. The molecule has 0 rings (SSSR count). The molecule has 0 fully saturated rings. The summed E-state index contributed by atoms with van der Waals surface area (Å²) in [5.41, 5.74) is -0.533. The van der Waals surface area contributed by atoms with Gasteiger partial charge in [-0.2, -0.15) is 8.42 Å². The molecule has 0 aromatic carbocycles. The second-order valence-corrected chi connectivity index (χ2v) is 6.43. The third-order valence-electron chi connectivity index (χ3n) is 1.64. The lowest BCUT2D eigenvalue weighted by Gasteiger charge is -2.24. The Morgan fingerprint density at radius 2 is 1.82 bits per heavy atom. The first-order chi connectivity index (χ1) is 7.51. The Kier molecular flexibility index (Phi) is 5.91. The number of hydrogen-bond acceptors (Lipinski definition) is 5. The van der Waals surface area contributed by atoms with Gasteiger partial charge >= 0.3 is 6.09 Å². The molecule has 0 aliphatic carbocycles. The van der Waals surface area contributed by atoms with Gasteiger partial charge < -0.3 is 9.64 Å². The van der Waals surface area contributed by atoms with Crippen molar-refractivity contribution in [2.24, 2.45) is 0 Å². The molecule has 102 valence electrons. The smallest absolute Gasteiger partial charge is 0.410 e. The number of carbonyl (C=O) groups is 1. The average molecular weight is 267 g/mol. The van der Waals surface area contributed by atoms with Crippen molar-refractivity contribution >= 4 is 16.2 Å². The minimum atomic E-state index is -3.41. The number of carbonyl (C=O) groups excluding carboxylic acids is 1. The zero-order valence-electron chi connectivity index (χ0n) is 11.0. The van der Waals surface area contributed by atoms with Gasteiger partial charge in [0.1, 0.15) is 5.60 Å². The van der Waals surface area contributed by atoms with Crippen molar-refractivity contribution in [2.75, 3.05) is 26.5 Å². The van der Waals surface area contributed by atoms with Crippen LogP contribution >= 0.6 is 0 Å². The van der Waals surface area contributed by atoms with E-state index in [0.717, 1.165) is 6.26 Å². The van der Waals surface area contributed by atoms with E-state index in [1.54, 1.807) is 27.8 Å². The molecule has 6 nitrogen and oxygen atoms in total. The molecule has 17 heavy (non-hydrogen) atoms. The molecular formula is C10H21NO5S. The van der Waals surface area contributed by atoms with Gasteiger partial charge in [-0.3, -0.25) is 4.18 Å². The van der Waals surface area contributed by atoms with E-state index in [1.807, 2.05) is 0 Å².